The van der Waals surface area contributed by atoms with Gasteiger partial charge in [-0.1, -0.05) is 6.07 Å². The van der Waals surface area contributed by atoms with Gasteiger partial charge < -0.3 is 15.4 Å². The number of sulfonamides is 1. The van der Waals surface area contributed by atoms with Gasteiger partial charge in [-0.2, -0.15) is 4.31 Å². The Balaban J connectivity index is 2.03. The van der Waals surface area contributed by atoms with Gasteiger partial charge in [0, 0.05) is 44.5 Å². The van der Waals surface area contributed by atoms with Crippen LogP contribution in [0.4, 0.5) is 5.69 Å². The maximum absolute atomic E-state index is 12.3. The second-order valence-electron chi connectivity index (χ2n) is 5.18. The molecule has 21 heavy (non-hydrogen) atoms. The molecule has 2 rings (SSSR count). The summed E-state index contributed by atoms with van der Waals surface area (Å²) in [6, 6.07) is 7.81. The third kappa shape index (κ3) is 3.48. The van der Waals surface area contributed by atoms with E-state index in [2.05, 4.69) is 4.90 Å². The molecule has 1 unspecified atom stereocenters. The van der Waals surface area contributed by atoms with E-state index in [9.17, 15) is 8.42 Å². The molecular weight excluding hydrogens is 290 g/mol. The lowest BCUT2D eigenvalue weighted by Crippen LogP contribution is -2.51. The topological polar surface area (TPSA) is 75.9 Å². The zero-order valence-electron chi connectivity index (χ0n) is 12.5. The molecule has 1 aliphatic rings. The lowest BCUT2D eigenvalue weighted by Gasteiger charge is -2.36. The number of methoxy groups -OCH3 is 1. The molecule has 2 N–H and O–H groups in total. The predicted molar refractivity (Wildman–Crippen MR) is 84.2 cm³/mol. The second kappa shape index (κ2) is 6.64. The molecule has 0 amide bonds. The van der Waals surface area contributed by atoms with Gasteiger partial charge in [0.15, 0.2) is 0 Å². The molecule has 0 bridgehead atoms. The molecular formula is C14H23N3O3S. The predicted octanol–water partition coefficient (Wildman–Crippen LogP) is 0.494. The highest BCUT2D eigenvalue weighted by Crippen LogP contribution is 2.23. The van der Waals surface area contributed by atoms with Crippen LogP contribution in [0.15, 0.2) is 24.3 Å². The number of nitrogens with two attached hydrogens (primary N) is 1. The largest absolute Gasteiger partial charge is 0.497 e. The highest BCUT2D eigenvalue weighted by atomic mass is 32.2. The van der Waals surface area contributed by atoms with Crippen molar-refractivity contribution in [2.75, 3.05) is 44.7 Å². The average Bonchev–Trinajstić information content (AvgIpc) is 2.54. The molecule has 0 aromatic heterocycles. The first-order chi connectivity index (χ1) is 9.98. The third-order valence-electron chi connectivity index (χ3n) is 3.86. The van der Waals surface area contributed by atoms with Crippen molar-refractivity contribution in [3.05, 3.63) is 24.3 Å². The van der Waals surface area contributed by atoms with Crippen LogP contribution in [0.5, 0.6) is 5.75 Å². The number of rotatable bonds is 5. The number of hydrogen-bond donors (Lipinski definition) is 1. The first-order valence-corrected chi connectivity index (χ1v) is 8.57. The summed E-state index contributed by atoms with van der Waals surface area (Å²) in [6.45, 7) is 4.13. The zero-order valence-corrected chi connectivity index (χ0v) is 13.3. The summed E-state index contributed by atoms with van der Waals surface area (Å²) >= 11 is 0. The molecule has 6 nitrogen and oxygen atoms in total. The van der Waals surface area contributed by atoms with E-state index >= 15 is 0 Å². The molecule has 0 aliphatic carbocycles. The average molecular weight is 313 g/mol. The molecule has 1 aromatic rings. The van der Waals surface area contributed by atoms with E-state index in [4.69, 9.17) is 10.5 Å². The van der Waals surface area contributed by atoms with Crippen LogP contribution < -0.4 is 15.4 Å². The van der Waals surface area contributed by atoms with Crippen LogP contribution in [0, 0.1) is 0 Å². The molecule has 118 valence electrons. The first kappa shape index (κ1) is 16.1. The number of nitrogens with zero attached hydrogens (tertiary/aromatic N) is 2. The van der Waals surface area contributed by atoms with Crippen LogP contribution in [-0.4, -0.2) is 57.8 Å². The summed E-state index contributed by atoms with van der Waals surface area (Å²) in [5.74, 6) is 0.805. The van der Waals surface area contributed by atoms with Crippen LogP contribution >= 0.6 is 0 Å². The highest BCUT2D eigenvalue weighted by Gasteiger charge is 2.30. The molecule has 1 heterocycles. The van der Waals surface area contributed by atoms with Crippen molar-refractivity contribution in [2.45, 2.75) is 12.2 Å². The summed E-state index contributed by atoms with van der Waals surface area (Å²) < 4.78 is 31.3. The normalized spacial score (nSPS) is 18.5. The number of ether oxygens (including phenoxy) is 1. The van der Waals surface area contributed by atoms with Gasteiger partial charge in [-0.05, 0) is 19.1 Å². The SMILES string of the molecule is COc1cccc(N2CCN(S(=O)(=O)C(C)CN)CC2)c1. The van der Waals surface area contributed by atoms with E-state index in [1.165, 1.54) is 0 Å². The van der Waals surface area contributed by atoms with Gasteiger partial charge >= 0.3 is 0 Å². The van der Waals surface area contributed by atoms with Crippen molar-refractivity contribution in [1.29, 1.82) is 0 Å². The molecule has 1 aliphatic heterocycles. The van der Waals surface area contributed by atoms with Gasteiger partial charge in [-0.3, -0.25) is 0 Å². The van der Waals surface area contributed by atoms with Crippen LogP contribution in [0.2, 0.25) is 0 Å². The Morgan fingerprint density at radius 1 is 1.29 bits per heavy atom. The number of hydrogen-bond acceptors (Lipinski definition) is 5. The Morgan fingerprint density at radius 3 is 2.52 bits per heavy atom. The molecule has 1 saturated heterocycles. The van der Waals surface area contributed by atoms with E-state index in [1.54, 1.807) is 18.3 Å². The Bertz CT molecular complexity index is 569. The summed E-state index contributed by atoms with van der Waals surface area (Å²) in [5.41, 5.74) is 6.54. The summed E-state index contributed by atoms with van der Waals surface area (Å²) in [5, 5.41) is -0.527. The van der Waals surface area contributed by atoms with Crippen molar-refractivity contribution in [3.63, 3.8) is 0 Å². The van der Waals surface area contributed by atoms with Crippen molar-refractivity contribution < 1.29 is 13.2 Å². The van der Waals surface area contributed by atoms with Crippen LogP contribution in [0.3, 0.4) is 0 Å². The van der Waals surface area contributed by atoms with Gasteiger partial charge in [0.25, 0.3) is 0 Å². The zero-order chi connectivity index (χ0) is 15.5. The summed E-state index contributed by atoms with van der Waals surface area (Å²) in [6.07, 6.45) is 0. The van der Waals surface area contributed by atoms with Crippen molar-refractivity contribution in [1.82, 2.24) is 4.31 Å². The molecule has 0 spiro atoms. The minimum atomic E-state index is -3.27. The second-order valence-corrected chi connectivity index (χ2v) is 7.53. The van der Waals surface area contributed by atoms with Gasteiger partial charge in [0.1, 0.15) is 5.75 Å². The summed E-state index contributed by atoms with van der Waals surface area (Å²) in [4.78, 5) is 2.17. The van der Waals surface area contributed by atoms with Crippen LogP contribution in [-0.2, 0) is 10.0 Å². The van der Waals surface area contributed by atoms with Crippen molar-refractivity contribution >= 4 is 15.7 Å². The fourth-order valence-corrected chi connectivity index (χ4v) is 3.81. The standard InChI is InChI=1S/C14H23N3O3S/c1-12(11-15)21(18,19)17-8-6-16(7-9-17)13-4-3-5-14(10-13)20-2/h3-5,10,12H,6-9,11,15H2,1-2H3. The van der Waals surface area contributed by atoms with E-state index in [-0.39, 0.29) is 6.54 Å². The molecule has 7 heteroatoms. The van der Waals surface area contributed by atoms with Crippen LogP contribution in [0.25, 0.3) is 0 Å². The van der Waals surface area contributed by atoms with Gasteiger partial charge in [0.05, 0.1) is 12.4 Å². The highest BCUT2D eigenvalue weighted by molar-refractivity contribution is 7.89. The van der Waals surface area contributed by atoms with Gasteiger partial charge in [0.2, 0.25) is 10.0 Å². The van der Waals surface area contributed by atoms with Crippen molar-refractivity contribution in [3.8, 4) is 5.75 Å². The molecule has 1 aromatic carbocycles. The Kier molecular flexibility index (Phi) is 5.08. The fraction of sp³-hybridized carbons (Fsp3) is 0.571. The molecule has 0 saturated carbocycles. The molecule has 1 fully saturated rings. The van der Waals surface area contributed by atoms with E-state index in [1.807, 2.05) is 24.3 Å². The van der Waals surface area contributed by atoms with Crippen LogP contribution in [0.1, 0.15) is 6.92 Å². The van der Waals surface area contributed by atoms with Crippen molar-refractivity contribution in [2.24, 2.45) is 5.73 Å². The molecule has 0 radical (unpaired) electrons. The van der Waals surface area contributed by atoms with E-state index in [0.717, 1.165) is 11.4 Å². The van der Waals surface area contributed by atoms with Gasteiger partial charge in [-0.25, -0.2) is 8.42 Å². The lowest BCUT2D eigenvalue weighted by atomic mass is 10.2. The number of piperazine rings is 1. The molecule has 1 atom stereocenters. The monoisotopic (exact) mass is 313 g/mol. The maximum Gasteiger partial charge on any atom is 0.218 e. The van der Waals surface area contributed by atoms with E-state index < -0.39 is 15.3 Å². The van der Waals surface area contributed by atoms with E-state index in [0.29, 0.717) is 26.2 Å². The quantitative estimate of drug-likeness (QED) is 0.856. The lowest BCUT2D eigenvalue weighted by molar-refractivity contribution is 0.379. The number of anilines is 1. The maximum atomic E-state index is 12.3. The minimum Gasteiger partial charge on any atom is -0.497 e. The smallest absolute Gasteiger partial charge is 0.218 e. The minimum absolute atomic E-state index is 0.151. The fourth-order valence-electron chi connectivity index (χ4n) is 2.38. The van der Waals surface area contributed by atoms with Gasteiger partial charge in [-0.15, -0.1) is 0 Å². The summed E-state index contributed by atoms with van der Waals surface area (Å²) in [7, 11) is -1.64. The number of benzene rings is 1. The first-order valence-electron chi connectivity index (χ1n) is 7.07. The third-order valence-corrected chi connectivity index (χ3v) is 6.15. The Hall–Kier alpha value is -1.31. The Labute approximate surface area is 126 Å². The Morgan fingerprint density at radius 2 is 1.95 bits per heavy atom.